The van der Waals surface area contributed by atoms with Crippen molar-refractivity contribution in [1.29, 1.82) is 0 Å². The van der Waals surface area contributed by atoms with Crippen LogP contribution in [0.1, 0.15) is 57.1 Å². The molecule has 6 nitrogen and oxygen atoms in total. The minimum Gasteiger partial charge on any atom is -0.459 e. The maximum absolute atomic E-state index is 13.5. The lowest BCUT2D eigenvalue weighted by Crippen LogP contribution is -2.49. The first-order valence-electron chi connectivity index (χ1n) is 14.1. The van der Waals surface area contributed by atoms with Gasteiger partial charge in [0.1, 0.15) is 5.60 Å². The topological polar surface area (TPSA) is 66.9 Å². The lowest BCUT2D eigenvalue weighted by molar-refractivity contribution is -0.164. The van der Waals surface area contributed by atoms with Gasteiger partial charge in [0.15, 0.2) is 0 Å². The normalized spacial score (nSPS) is 16.9. The monoisotopic (exact) mass is 562 g/mol. The average Bonchev–Trinajstić information content (AvgIpc) is 2.96. The summed E-state index contributed by atoms with van der Waals surface area (Å²) in [5.41, 5.74) is 0.930. The molecule has 1 heterocycles. The van der Waals surface area contributed by atoms with Crippen LogP contribution >= 0.6 is 0 Å². The summed E-state index contributed by atoms with van der Waals surface area (Å²) in [7, 11) is -1.93. The van der Waals surface area contributed by atoms with Gasteiger partial charge in [-0.2, -0.15) is 0 Å². The molecular formula is C33H42N2O4S. The van der Waals surface area contributed by atoms with Crippen molar-refractivity contribution in [2.75, 3.05) is 33.2 Å². The van der Waals surface area contributed by atoms with Crippen LogP contribution in [0.3, 0.4) is 0 Å². The van der Waals surface area contributed by atoms with E-state index in [0.29, 0.717) is 24.3 Å². The number of hydrogen-bond acceptors (Lipinski definition) is 5. The van der Waals surface area contributed by atoms with Crippen LogP contribution in [0.5, 0.6) is 0 Å². The molecule has 1 aliphatic heterocycles. The van der Waals surface area contributed by atoms with Gasteiger partial charge in [-0.25, -0.2) is 12.7 Å². The zero-order chi connectivity index (χ0) is 28.8. The maximum Gasteiger partial charge on any atom is 0.317 e. The van der Waals surface area contributed by atoms with E-state index < -0.39 is 21.0 Å². The van der Waals surface area contributed by atoms with Crippen LogP contribution < -0.4 is 0 Å². The summed E-state index contributed by atoms with van der Waals surface area (Å²) in [5, 5.41) is 0. The summed E-state index contributed by atoms with van der Waals surface area (Å²) in [6.07, 6.45) is 2.18. The maximum atomic E-state index is 13.5. The molecule has 3 aromatic rings. The van der Waals surface area contributed by atoms with Crippen LogP contribution in [-0.2, 0) is 25.0 Å². The van der Waals surface area contributed by atoms with Crippen LogP contribution in [0.15, 0.2) is 95.9 Å². The number of carbonyl (C=O) groups excluding carboxylic acids is 1. The van der Waals surface area contributed by atoms with Gasteiger partial charge in [-0.3, -0.25) is 4.79 Å². The summed E-state index contributed by atoms with van der Waals surface area (Å²) in [5.74, 6) is -0.114. The Balaban J connectivity index is 1.46. The molecule has 7 heteroatoms. The number of likely N-dealkylation sites (N-methyl/N-ethyl adjacent to an activating group) is 1. The summed E-state index contributed by atoms with van der Waals surface area (Å²) >= 11 is 0. The number of ether oxygens (including phenoxy) is 1. The molecule has 1 unspecified atom stereocenters. The van der Waals surface area contributed by atoms with E-state index in [1.54, 1.807) is 31.3 Å². The molecule has 1 saturated heterocycles. The number of sulfonamides is 1. The molecule has 0 saturated carbocycles. The first-order chi connectivity index (χ1) is 19.0. The highest BCUT2D eigenvalue weighted by Crippen LogP contribution is 2.38. The SMILES string of the molecule is CN(CC(CCN1CCC(C(=O)OC(C)(C)C)(c2ccccc2)CC1)c1ccccc1)S(=O)(=O)c1ccccc1. The zero-order valence-electron chi connectivity index (χ0n) is 24.1. The van der Waals surface area contributed by atoms with E-state index in [-0.39, 0.29) is 11.9 Å². The second kappa shape index (κ2) is 12.7. The predicted molar refractivity (Wildman–Crippen MR) is 160 cm³/mol. The molecule has 1 atom stereocenters. The Morgan fingerprint density at radius 3 is 1.98 bits per heavy atom. The predicted octanol–water partition coefficient (Wildman–Crippen LogP) is 5.86. The van der Waals surface area contributed by atoms with Crippen molar-refractivity contribution in [3.05, 3.63) is 102 Å². The van der Waals surface area contributed by atoms with E-state index in [2.05, 4.69) is 17.0 Å². The highest BCUT2D eigenvalue weighted by molar-refractivity contribution is 7.89. The molecule has 0 aromatic heterocycles. The van der Waals surface area contributed by atoms with Crippen molar-refractivity contribution in [1.82, 2.24) is 9.21 Å². The van der Waals surface area contributed by atoms with Gasteiger partial charge in [0, 0.05) is 13.6 Å². The molecule has 0 aliphatic carbocycles. The second-order valence-corrected chi connectivity index (χ2v) is 13.8. The molecule has 3 aromatic carbocycles. The smallest absolute Gasteiger partial charge is 0.317 e. The number of likely N-dealkylation sites (tertiary alicyclic amines) is 1. The quantitative estimate of drug-likeness (QED) is 0.290. The van der Waals surface area contributed by atoms with E-state index in [1.807, 2.05) is 75.4 Å². The van der Waals surface area contributed by atoms with Gasteiger partial charge in [0.05, 0.1) is 10.3 Å². The summed E-state index contributed by atoms with van der Waals surface area (Å²) in [6, 6.07) is 28.7. The Hall–Kier alpha value is -3.00. The van der Waals surface area contributed by atoms with Gasteiger partial charge >= 0.3 is 5.97 Å². The van der Waals surface area contributed by atoms with Crippen LogP contribution in [-0.4, -0.2) is 62.4 Å². The zero-order valence-corrected chi connectivity index (χ0v) is 24.9. The fourth-order valence-corrected chi connectivity index (χ4v) is 6.75. The molecule has 40 heavy (non-hydrogen) atoms. The molecule has 4 rings (SSSR count). The third kappa shape index (κ3) is 7.19. The summed E-state index contributed by atoms with van der Waals surface area (Å²) < 4.78 is 33.9. The first-order valence-corrected chi connectivity index (χ1v) is 15.5. The highest BCUT2D eigenvalue weighted by atomic mass is 32.2. The van der Waals surface area contributed by atoms with E-state index in [9.17, 15) is 13.2 Å². The molecule has 0 spiro atoms. The molecule has 0 amide bonds. The van der Waals surface area contributed by atoms with Crippen LogP contribution in [0.4, 0.5) is 0 Å². The van der Waals surface area contributed by atoms with E-state index >= 15 is 0 Å². The molecule has 1 aliphatic rings. The number of benzene rings is 3. The van der Waals surface area contributed by atoms with Gasteiger partial charge in [-0.1, -0.05) is 78.9 Å². The first kappa shape index (κ1) is 30.0. The van der Waals surface area contributed by atoms with Crippen molar-refractivity contribution >= 4 is 16.0 Å². The Morgan fingerprint density at radius 1 is 0.900 bits per heavy atom. The van der Waals surface area contributed by atoms with E-state index in [1.165, 1.54) is 4.31 Å². The fourth-order valence-electron chi connectivity index (χ4n) is 5.51. The number of nitrogens with zero attached hydrogens (tertiary/aromatic N) is 2. The summed E-state index contributed by atoms with van der Waals surface area (Å²) in [6.45, 7) is 8.49. The van der Waals surface area contributed by atoms with Crippen molar-refractivity contribution in [2.24, 2.45) is 0 Å². The Morgan fingerprint density at radius 2 is 1.43 bits per heavy atom. The Labute approximate surface area is 240 Å². The van der Waals surface area contributed by atoms with Crippen molar-refractivity contribution in [2.45, 2.75) is 61.9 Å². The Bertz CT molecular complexity index is 1330. The summed E-state index contributed by atoms with van der Waals surface area (Å²) in [4.78, 5) is 16.2. The van der Waals surface area contributed by atoms with Crippen LogP contribution in [0.2, 0.25) is 0 Å². The fraction of sp³-hybridized carbons (Fsp3) is 0.424. The number of carbonyl (C=O) groups is 1. The van der Waals surface area contributed by atoms with E-state index in [0.717, 1.165) is 37.2 Å². The van der Waals surface area contributed by atoms with Crippen molar-refractivity contribution < 1.29 is 17.9 Å². The minimum absolute atomic E-state index is 0.0383. The van der Waals surface area contributed by atoms with Gasteiger partial charge in [0.2, 0.25) is 10.0 Å². The highest BCUT2D eigenvalue weighted by Gasteiger charge is 2.45. The number of rotatable bonds is 10. The molecule has 214 valence electrons. The molecule has 0 N–H and O–H groups in total. The van der Waals surface area contributed by atoms with Gasteiger partial charge in [-0.15, -0.1) is 0 Å². The van der Waals surface area contributed by atoms with Crippen LogP contribution in [0.25, 0.3) is 0 Å². The lowest BCUT2D eigenvalue weighted by atomic mass is 9.72. The van der Waals surface area contributed by atoms with Crippen molar-refractivity contribution in [3.8, 4) is 0 Å². The number of hydrogen-bond donors (Lipinski definition) is 0. The molecule has 0 bridgehead atoms. The van der Waals surface area contributed by atoms with Gasteiger partial charge in [0.25, 0.3) is 0 Å². The van der Waals surface area contributed by atoms with Gasteiger partial charge in [-0.05, 0) is 88.8 Å². The van der Waals surface area contributed by atoms with Crippen LogP contribution in [0, 0.1) is 0 Å². The average molecular weight is 563 g/mol. The molecular weight excluding hydrogens is 520 g/mol. The largest absolute Gasteiger partial charge is 0.459 e. The lowest BCUT2D eigenvalue weighted by Gasteiger charge is -2.42. The number of esters is 1. The molecule has 0 radical (unpaired) electrons. The molecule has 1 fully saturated rings. The Kier molecular flexibility index (Phi) is 9.49. The number of piperidine rings is 1. The second-order valence-electron chi connectivity index (χ2n) is 11.8. The minimum atomic E-state index is -3.59. The van der Waals surface area contributed by atoms with Crippen molar-refractivity contribution in [3.63, 3.8) is 0 Å². The van der Waals surface area contributed by atoms with Gasteiger partial charge < -0.3 is 9.64 Å². The third-order valence-electron chi connectivity index (χ3n) is 7.82. The van der Waals surface area contributed by atoms with E-state index in [4.69, 9.17) is 4.74 Å². The third-order valence-corrected chi connectivity index (χ3v) is 9.66. The standard InChI is InChI=1S/C33H42N2O4S/c1-32(2,3)39-31(36)33(29-16-10-6-11-17-29)21-24-35(25-22-33)23-20-28(27-14-8-5-9-15-27)26-34(4)40(37,38)30-18-12-7-13-19-30/h5-19,28H,20-26H2,1-4H3.